The minimum atomic E-state index is -0.279. The number of nitrogens with one attached hydrogen (secondary N) is 1. The minimum Gasteiger partial charge on any atom is -0.396 e. The maximum atomic E-state index is 12.4. The maximum Gasteiger partial charge on any atom is 0.240 e. The van der Waals surface area contributed by atoms with E-state index >= 15 is 0 Å². The zero-order valence-corrected chi connectivity index (χ0v) is 11.2. The first kappa shape index (κ1) is 14.0. The highest BCUT2D eigenvalue weighted by molar-refractivity contribution is 5.82. The largest absolute Gasteiger partial charge is 0.396 e. The van der Waals surface area contributed by atoms with Crippen LogP contribution in [0.4, 0.5) is 0 Å². The zero-order chi connectivity index (χ0) is 13.7. The molecule has 0 radical (unpaired) electrons. The molecule has 1 aromatic heterocycles. The van der Waals surface area contributed by atoms with Crippen molar-refractivity contribution in [1.82, 2.24) is 15.2 Å². The maximum absolute atomic E-state index is 12.4. The minimum absolute atomic E-state index is 0.0230. The molecule has 1 saturated heterocycles. The van der Waals surface area contributed by atoms with Crippen LogP contribution in [0.2, 0.25) is 0 Å². The standard InChI is InChI=1S/C14H21N3O2/c1-11-8-16-13(5-7-18)14(19)17(9-11)10-12-4-2-3-6-15-12/h2-4,6,11,13,16,18H,5,7-10H2,1H3. The third-order valence-electron chi connectivity index (χ3n) is 3.35. The zero-order valence-electron chi connectivity index (χ0n) is 11.2. The van der Waals surface area contributed by atoms with Gasteiger partial charge in [0.25, 0.3) is 0 Å². The van der Waals surface area contributed by atoms with Gasteiger partial charge < -0.3 is 15.3 Å². The van der Waals surface area contributed by atoms with Crippen LogP contribution in [0.25, 0.3) is 0 Å². The summed E-state index contributed by atoms with van der Waals surface area (Å²) >= 11 is 0. The molecular formula is C14H21N3O2. The van der Waals surface area contributed by atoms with E-state index < -0.39 is 0 Å². The quantitative estimate of drug-likeness (QED) is 0.825. The van der Waals surface area contributed by atoms with Crippen LogP contribution in [0.5, 0.6) is 0 Å². The molecule has 0 bridgehead atoms. The molecule has 5 nitrogen and oxygen atoms in total. The molecule has 0 spiro atoms. The molecule has 19 heavy (non-hydrogen) atoms. The molecule has 5 heteroatoms. The summed E-state index contributed by atoms with van der Waals surface area (Å²) < 4.78 is 0. The van der Waals surface area contributed by atoms with Crippen LogP contribution in [0, 0.1) is 5.92 Å². The fourth-order valence-electron chi connectivity index (χ4n) is 2.37. The first-order chi connectivity index (χ1) is 9.20. The van der Waals surface area contributed by atoms with Crippen LogP contribution >= 0.6 is 0 Å². The highest BCUT2D eigenvalue weighted by Crippen LogP contribution is 2.12. The van der Waals surface area contributed by atoms with E-state index in [9.17, 15) is 4.79 Å². The average Bonchev–Trinajstić information content (AvgIpc) is 2.54. The van der Waals surface area contributed by atoms with Gasteiger partial charge in [0, 0.05) is 25.9 Å². The van der Waals surface area contributed by atoms with Gasteiger partial charge >= 0.3 is 0 Å². The van der Waals surface area contributed by atoms with Crippen molar-refractivity contribution < 1.29 is 9.90 Å². The van der Waals surface area contributed by atoms with Gasteiger partial charge in [-0.05, 0) is 24.5 Å². The van der Waals surface area contributed by atoms with Crippen LogP contribution in [0.15, 0.2) is 24.4 Å². The number of pyridine rings is 1. The van der Waals surface area contributed by atoms with Gasteiger partial charge in [-0.3, -0.25) is 9.78 Å². The SMILES string of the molecule is CC1CNC(CCO)C(=O)N(Cc2ccccn2)C1. The van der Waals surface area contributed by atoms with Crippen molar-refractivity contribution in [3.05, 3.63) is 30.1 Å². The fourth-order valence-corrected chi connectivity index (χ4v) is 2.37. The second kappa shape index (κ2) is 6.63. The summed E-state index contributed by atoms with van der Waals surface area (Å²) in [4.78, 5) is 18.5. The predicted octanol–water partition coefficient (Wildman–Crippen LogP) is 0.400. The second-order valence-electron chi connectivity index (χ2n) is 5.12. The van der Waals surface area contributed by atoms with Crippen molar-refractivity contribution in [1.29, 1.82) is 0 Å². The van der Waals surface area contributed by atoms with Gasteiger partial charge in [-0.15, -0.1) is 0 Å². The molecule has 2 heterocycles. The Hall–Kier alpha value is -1.46. The van der Waals surface area contributed by atoms with E-state index in [1.54, 1.807) is 6.20 Å². The molecule has 0 aromatic carbocycles. The number of aromatic nitrogens is 1. The summed E-state index contributed by atoms with van der Waals surface area (Å²) in [6.45, 7) is 4.20. The number of carbonyl (C=O) groups excluding carboxylic acids is 1. The number of nitrogens with zero attached hydrogens (tertiary/aromatic N) is 2. The van der Waals surface area contributed by atoms with E-state index in [2.05, 4.69) is 17.2 Å². The Balaban J connectivity index is 2.09. The molecule has 1 fully saturated rings. The van der Waals surface area contributed by atoms with Gasteiger partial charge in [0.2, 0.25) is 5.91 Å². The summed E-state index contributed by atoms with van der Waals surface area (Å²) in [5.41, 5.74) is 0.896. The predicted molar refractivity (Wildman–Crippen MR) is 72.3 cm³/mol. The second-order valence-corrected chi connectivity index (χ2v) is 5.12. The molecule has 1 amide bonds. The molecule has 2 N–H and O–H groups in total. The van der Waals surface area contributed by atoms with Gasteiger partial charge in [-0.2, -0.15) is 0 Å². The summed E-state index contributed by atoms with van der Waals surface area (Å²) in [7, 11) is 0. The van der Waals surface area contributed by atoms with Crippen LogP contribution in [0.3, 0.4) is 0 Å². The lowest BCUT2D eigenvalue weighted by atomic mass is 10.1. The van der Waals surface area contributed by atoms with Gasteiger partial charge in [0.1, 0.15) is 0 Å². The normalized spacial score (nSPS) is 24.3. The number of aliphatic hydroxyl groups excluding tert-OH is 1. The van der Waals surface area contributed by atoms with Crippen LogP contribution in [-0.4, -0.2) is 46.6 Å². The molecule has 2 atom stereocenters. The van der Waals surface area contributed by atoms with E-state index in [4.69, 9.17) is 5.11 Å². The van der Waals surface area contributed by atoms with Crippen LogP contribution in [0.1, 0.15) is 19.0 Å². The Morgan fingerprint density at radius 1 is 1.53 bits per heavy atom. The molecule has 2 unspecified atom stereocenters. The first-order valence-electron chi connectivity index (χ1n) is 6.73. The van der Waals surface area contributed by atoms with E-state index in [1.807, 2.05) is 23.1 Å². The van der Waals surface area contributed by atoms with Crippen molar-refractivity contribution in [2.24, 2.45) is 5.92 Å². The monoisotopic (exact) mass is 263 g/mol. The van der Waals surface area contributed by atoms with Crippen LogP contribution < -0.4 is 5.32 Å². The lowest BCUT2D eigenvalue weighted by molar-refractivity contribution is -0.133. The summed E-state index contributed by atoms with van der Waals surface area (Å²) in [6.07, 6.45) is 2.20. The number of carbonyl (C=O) groups is 1. The molecule has 104 valence electrons. The van der Waals surface area contributed by atoms with E-state index in [-0.39, 0.29) is 18.6 Å². The van der Waals surface area contributed by atoms with Crippen molar-refractivity contribution in [2.75, 3.05) is 19.7 Å². The Morgan fingerprint density at radius 3 is 3.05 bits per heavy atom. The third kappa shape index (κ3) is 3.75. The number of hydrogen-bond donors (Lipinski definition) is 2. The number of hydrogen-bond acceptors (Lipinski definition) is 4. The summed E-state index contributed by atoms with van der Waals surface area (Å²) in [6, 6.07) is 5.44. The summed E-state index contributed by atoms with van der Waals surface area (Å²) in [5.74, 6) is 0.459. The number of amides is 1. The number of aliphatic hydroxyl groups is 1. The van der Waals surface area contributed by atoms with Crippen molar-refractivity contribution in [3.63, 3.8) is 0 Å². The average molecular weight is 263 g/mol. The van der Waals surface area contributed by atoms with E-state index in [0.717, 1.165) is 18.8 Å². The Bertz CT molecular complexity index is 410. The Labute approximate surface area is 113 Å². The van der Waals surface area contributed by atoms with Crippen molar-refractivity contribution >= 4 is 5.91 Å². The molecule has 2 rings (SSSR count). The lowest BCUT2D eigenvalue weighted by Gasteiger charge is -2.24. The van der Waals surface area contributed by atoms with Gasteiger partial charge in [0.15, 0.2) is 0 Å². The first-order valence-corrected chi connectivity index (χ1v) is 6.73. The molecule has 0 aliphatic carbocycles. The Morgan fingerprint density at radius 2 is 2.37 bits per heavy atom. The van der Waals surface area contributed by atoms with Crippen LogP contribution in [-0.2, 0) is 11.3 Å². The van der Waals surface area contributed by atoms with Crippen molar-refractivity contribution in [2.45, 2.75) is 25.9 Å². The molecule has 1 aromatic rings. The lowest BCUT2D eigenvalue weighted by Crippen LogP contribution is -2.43. The molecule has 0 saturated carbocycles. The topological polar surface area (TPSA) is 65.5 Å². The van der Waals surface area contributed by atoms with Gasteiger partial charge in [-0.25, -0.2) is 0 Å². The van der Waals surface area contributed by atoms with Gasteiger partial charge in [0.05, 0.1) is 18.3 Å². The molecule has 1 aliphatic rings. The smallest absolute Gasteiger partial charge is 0.240 e. The fraction of sp³-hybridized carbons (Fsp3) is 0.571. The summed E-state index contributed by atoms with van der Waals surface area (Å²) in [5, 5.41) is 12.3. The van der Waals surface area contributed by atoms with E-state index in [0.29, 0.717) is 18.9 Å². The molecular weight excluding hydrogens is 242 g/mol. The van der Waals surface area contributed by atoms with Gasteiger partial charge in [-0.1, -0.05) is 13.0 Å². The molecule has 1 aliphatic heterocycles. The Kier molecular flexibility index (Phi) is 4.87. The highest BCUT2D eigenvalue weighted by atomic mass is 16.3. The third-order valence-corrected chi connectivity index (χ3v) is 3.35. The van der Waals surface area contributed by atoms with Crippen molar-refractivity contribution in [3.8, 4) is 0 Å². The highest BCUT2D eigenvalue weighted by Gasteiger charge is 2.28. The van der Waals surface area contributed by atoms with E-state index in [1.165, 1.54) is 0 Å². The number of rotatable bonds is 4.